The lowest BCUT2D eigenvalue weighted by atomic mass is 10.1. The summed E-state index contributed by atoms with van der Waals surface area (Å²) in [7, 11) is 0. The summed E-state index contributed by atoms with van der Waals surface area (Å²) in [5.74, 6) is 0. The van der Waals surface area contributed by atoms with E-state index in [1.54, 1.807) is 12.1 Å². The first kappa shape index (κ1) is 10.1. The van der Waals surface area contributed by atoms with Crippen molar-refractivity contribution in [1.82, 2.24) is 9.55 Å². The molecular weight excluding hydrogens is 202 g/mol. The molecule has 1 heterocycles. The van der Waals surface area contributed by atoms with Crippen molar-refractivity contribution in [2.75, 3.05) is 0 Å². The lowest BCUT2D eigenvalue weighted by molar-refractivity contribution is 0.734. The number of nitriles is 1. The molecule has 1 aromatic heterocycles. The Kier molecular flexibility index (Phi) is 2.79. The van der Waals surface area contributed by atoms with Crippen molar-refractivity contribution >= 4 is 0 Å². The van der Waals surface area contributed by atoms with Crippen LogP contribution >= 0.6 is 0 Å². The predicted octanol–water partition coefficient (Wildman–Crippen LogP) is 1.16. The molecule has 0 aliphatic rings. The zero-order chi connectivity index (χ0) is 11.4. The number of benzene rings is 1. The zero-order valence-electron chi connectivity index (χ0n) is 8.50. The maximum Gasteiger partial charge on any atom is 0.253 e. The predicted molar refractivity (Wildman–Crippen MR) is 58.8 cm³/mol. The molecule has 0 amide bonds. The molecule has 0 bridgehead atoms. The van der Waals surface area contributed by atoms with Crippen LogP contribution in [0.25, 0.3) is 0 Å². The maximum absolute atomic E-state index is 11.5. The molecule has 0 spiro atoms. The summed E-state index contributed by atoms with van der Waals surface area (Å²) in [6, 6.07) is 10.7. The summed E-state index contributed by atoms with van der Waals surface area (Å²) >= 11 is 0. The van der Waals surface area contributed by atoms with Gasteiger partial charge >= 0.3 is 0 Å². The van der Waals surface area contributed by atoms with Crippen molar-refractivity contribution in [3.8, 4) is 6.07 Å². The van der Waals surface area contributed by atoms with E-state index in [0.29, 0.717) is 12.1 Å². The molecule has 0 unspecified atom stereocenters. The van der Waals surface area contributed by atoms with Gasteiger partial charge in [0.1, 0.15) is 0 Å². The van der Waals surface area contributed by atoms with Gasteiger partial charge in [-0.25, -0.2) is 4.98 Å². The number of nitrogens with zero attached hydrogens (tertiary/aromatic N) is 3. The summed E-state index contributed by atoms with van der Waals surface area (Å²) in [6.07, 6.45) is 2.92. The summed E-state index contributed by atoms with van der Waals surface area (Å²) in [5, 5.41) is 8.91. The first-order chi connectivity index (χ1) is 7.81. The highest BCUT2D eigenvalue weighted by atomic mass is 16.1. The molecule has 0 atom stereocenters. The zero-order valence-corrected chi connectivity index (χ0v) is 8.50. The lowest BCUT2D eigenvalue weighted by Crippen LogP contribution is -2.19. The van der Waals surface area contributed by atoms with Crippen LogP contribution in [-0.4, -0.2) is 9.55 Å². The fourth-order valence-corrected chi connectivity index (χ4v) is 1.45. The van der Waals surface area contributed by atoms with Gasteiger partial charge in [-0.3, -0.25) is 9.36 Å². The van der Waals surface area contributed by atoms with Crippen LogP contribution in [0.3, 0.4) is 0 Å². The van der Waals surface area contributed by atoms with Crippen molar-refractivity contribution in [2.45, 2.75) is 6.54 Å². The molecule has 4 heteroatoms. The Labute approximate surface area is 92.4 Å². The quantitative estimate of drug-likeness (QED) is 0.749. The van der Waals surface area contributed by atoms with Gasteiger partial charge in [0.05, 0.1) is 24.5 Å². The molecule has 4 nitrogen and oxygen atoms in total. The molecule has 0 aliphatic heterocycles. The van der Waals surface area contributed by atoms with Crippen LogP contribution in [0.15, 0.2) is 47.7 Å². The minimum Gasteiger partial charge on any atom is -0.295 e. The molecule has 0 saturated carbocycles. The van der Waals surface area contributed by atoms with Crippen LogP contribution in [-0.2, 0) is 6.54 Å². The Bertz CT molecular complexity index is 595. The summed E-state index contributed by atoms with van der Waals surface area (Å²) in [5.41, 5.74) is 1.28. The average molecular weight is 211 g/mol. The summed E-state index contributed by atoms with van der Waals surface area (Å²) in [4.78, 5) is 15.3. The third kappa shape index (κ3) is 1.98. The first-order valence-electron chi connectivity index (χ1n) is 4.80. The highest BCUT2D eigenvalue weighted by Gasteiger charge is 2.02. The fourth-order valence-electron chi connectivity index (χ4n) is 1.45. The molecule has 0 N–H and O–H groups in total. The lowest BCUT2D eigenvalue weighted by Gasteiger charge is -2.05. The topological polar surface area (TPSA) is 58.7 Å². The van der Waals surface area contributed by atoms with Gasteiger partial charge in [0.25, 0.3) is 5.56 Å². The van der Waals surface area contributed by atoms with Crippen LogP contribution in [0.2, 0.25) is 0 Å². The van der Waals surface area contributed by atoms with E-state index in [9.17, 15) is 4.79 Å². The molecule has 1 aromatic carbocycles. The maximum atomic E-state index is 11.5. The Morgan fingerprint density at radius 3 is 2.88 bits per heavy atom. The second-order valence-electron chi connectivity index (χ2n) is 3.32. The van der Waals surface area contributed by atoms with Gasteiger partial charge in [-0.2, -0.15) is 5.26 Å². The molecular formula is C12H9N3O. The van der Waals surface area contributed by atoms with Crippen molar-refractivity contribution in [1.29, 1.82) is 5.26 Å². The van der Waals surface area contributed by atoms with Crippen molar-refractivity contribution < 1.29 is 0 Å². The van der Waals surface area contributed by atoms with E-state index < -0.39 is 0 Å². The Morgan fingerprint density at radius 2 is 2.12 bits per heavy atom. The van der Waals surface area contributed by atoms with Gasteiger partial charge in [-0.05, 0) is 11.6 Å². The highest BCUT2D eigenvalue weighted by Crippen LogP contribution is 2.07. The van der Waals surface area contributed by atoms with E-state index in [4.69, 9.17) is 5.26 Å². The Morgan fingerprint density at radius 1 is 1.31 bits per heavy atom. The molecule has 0 radical (unpaired) electrons. The second kappa shape index (κ2) is 4.41. The fraction of sp³-hybridized carbons (Fsp3) is 0.0833. The SMILES string of the molecule is N#Cc1ccccc1Cn1cnccc1=O. The Balaban J connectivity index is 2.39. The highest BCUT2D eigenvalue weighted by molar-refractivity contribution is 5.37. The molecule has 0 saturated heterocycles. The van der Waals surface area contributed by atoms with Gasteiger partial charge in [0.2, 0.25) is 0 Å². The van der Waals surface area contributed by atoms with E-state index in [1.807, 2.05) is 12.1 Å². The van der Waals surface area contributed by atoms with Crippen LogP contribution in [0.4, 0.5) is 0 Å². The second-order valence-corrected chi connectivity index (χ2v) is 3.32. The van der Waals surface area contributed by atoms with E-state index in [-0.39, 0.29) is 5.56 Å². The number of hydrogen-bond donors (Lipinski definition) is 0. The summed E-state index contributed by atoms with van der Waals surface area (Å²) in [6.45, 7) is 0.371. The number of aromatic nitrogens is 2. The number of rotatable bonds is 2. The minimum absolute atomic E-state index is 0.122. The molecule has 2 aromatic rings. The van der Waals surface area contributed by atoms with E-state index >= 15 is 0 Å². The van der Waals surface area contributed by atoms with Crippen molar-refractivity contribution in [3.63, 3.8) is 0 Å². The van der Waals surface area contributed by atoms with E-state index in [1.165, 1.54) is 23.2 Å². The first-order valence-corrected chi connectivity index (χ1v) is 4.80. The molecule has 16 heavy (non-hydrogen) atoms. The van der Waals surface area contributed by atoms with Gasteiger partial charge in [-0.15, -0.1) is 0 Å². The standard InChI is InChI=1S/C12H9N3O/c13-7-10-3-1-2-4-11(10)8-15-9-14-6-5-12(15)16/h1-6,9H,8H2. The van der Waals surface area contributed by atoms with Crippen molar-refractivity contribution in [2.24, 2.45) is 0 Å². The third-order valence-corrected chi connectivity index (χ3v) is 2.27. The third-order valence-electron chi connectivity index (χ3n) is 2.27. The van der Waals surface area contributed by atoms with Gasteiger partial charge in [0, 0.05) is 12.3 Å². The largest absolute Gasteiger partial charge is 0.295 e. The Hall–Kier alpha value is -2.41. The average Bonchev–Trinajstić information content (AvgIpc) is 2.33. The van der Waals surface area contributed by atoms with Crippen LogP contribution in [0.1, 0.15) is 11.1 Å². The van der Waals surface area contributed by atoms with Crippen LogP contribution in [0, 0.1) is 11.3 Å². The van der Waals surface area contributed by atoms with Crippen LogP contribution < -0.4 is 5.56 Å². The smallest absolute Gasteiger partial charge is 0.253 e. The van der Waals surface area contributed by atoms with Gasteiger partial charge in [0.15, 0.2) is 0 Å². The minimum atomic E-state index is -0.122. The monoisotopic (exact) mass is 211 g/mol. The van der Waals surface area contributed by atoms with Crippen molar-refractivity contribution in [3.05, 3.63) is 64.3 Å². The normalized spacial score (nSPS) is 9.69. The van der Waals surface area contributed by atoms with E-state index in [0.717, 1.165) is 5.56 Å². The van der Waals surface area contributed by atoms with E-state index in [2.05, 4.69) is 11.1 Å². The molecule has 0 aliphatic carbocycles. The van der Waals surface area contributed by atoms with Gasteiger partial charge in [-0.1, -0.05) is 18.2 Å². The number of hydrogen-bond acceptors (Lipinski definition) is 3. The molecule has 2 rings (SSSR count). The van der Waals surface area contributed by atoms with Crippen LogP contribution in [0.5, 0.6) is 0 Å². The van der Waals surface area contributed by atoms with Gasteiger partial charge < -0.3 is 0 Å². The molecule has 78 valence electrons. The molecule has 0 fully saturated rings. The summed E-state index contributed by atoms with van der Waals surface area (Å²) < 4.78 is 1.47.